The SMILES string of the molecule is CCOc1ccc(C(=O)N(C)C(Cc2ccccc2)C(=O)O)cc1OCC. The molecule has 0 radical (unpaired) electrons. The summed E-state index contributed by atoms with van der Waals surface area (Å²) < 4.78 is 11.1. The number of nitrogens with zero attached hydrogens (tertiary/aromatic N) is 1. The Morgan fingerprint density at radius 1 is 1.00 bits per heavy atom. The largest absolute Gasteiger partial charge is 0.490 e. The number of hydrogen-bond donors (Lipinski definition) is 1. The van der Waals surface area contributed by atoms with Crippen LogP contribution in [0.3, 0.4) is 0 Å². The van der Waals surface area contributed by atoms with Crippen molar-refractivity contribution in [1.29, 1.82) is 0 Å². The molecule has 0 aliphatic heterocycles. The summed E-state index contributed by atoms with van der Waals surface area (Å²) in [5.41, 5.74) is 1.20. The van der Waals surface area contributed by atoms with Crippen LogP contribution >= 0.6 is 0 Å². The lowest BCUT2D eigenvalue weighted by atomic mass is 10.0. The minimum atomic E-state index is -1.05. The summed E-state index contributed by atoms with van der Waals surface area (Å²) in [4.78, 5) is 25.9. The first-order valence-electron chi connectivity index (χ1n) is 8.91. The highest BCUT2D eigenvalue weighted by atomic mass is 16.5. The van der Waals surface area contributed by atoms with Gasteiger partial charge in [0.1, 0.15) is 6.04 Å². The molecule has 0 saturated carbocycles. The molecule has 0 aliphatic carbocycles. The van der Waals surface area contributed by atoms with Gasteiger partial charge in [-0.05, 0) is 37.6 Å². The highest BCUT2D eigenvalue weighted by Crippen LogP contribution is 2.29. The van der Waals surface area contributed by atoms with Gasteiger partial charge in [-0.2, -0.15) is 0 Å². The molecule has 0 aromatic heterocycles. The average molecular weight is 371 g/mol. The van der Waals surface area contributed by atoms with Crippen molar-refractivity contribution in [1.82, 2.24) is 4.90 Å². The molecule has 6 heteroatoms. The minimum Gasteiger partial charge on any atom is -0.490 e. The van der Waals surface area contributed by atoms with Crippen molar-refractivity contribution in [3.05, 3.63) is 59.7 Å². The number of amides is 1. The van der Waals surface area contributed by atoms with E-state index in [1.807, 2.05) is 44.2 Å². The molecule has 0 bridgehead atoms. The predicted octanol–water partition coefficient (Wildman–Crippen LogP) is 3.25. The standard InChI is InChI=1S/C21H25NO5/c1-4-26-18-12-11-16(14-19(18)27-5-2)20(23)22(3)17(21(24)25)13-15-9-7-6-8-10-15/h6-12,14,17H,4-5,13H2,1-3H3,(H,24,25). The molecular weight excluding hydrogens is 346 g/mol. The highest BCUT2D eigenvalue weighted by Gasteiger charge is 2.28. The number of carboxylic acid groups (broad SMARTS) is 1. The lowest BCUT2D eigenvalue weighted by Gasteiger charge is -2.25. The van der Waals surface area contributed by atoms with Crippen molar-refractivity contribution in [2.75, 3.05) is 20.3 Å². The Hall–Kier alpha value is -3.02. The third kappa shape index (κ3) is 5.23. The Kier molecular flexibility index (Phi) is 7.23. The molecule has 1 atom stereocenters. The zero-order chi connectivity index (χ0) is 19.8. The van der Waals surface area contributed by atoms with Crippen LogP contribution < -0.4 is 9.47 Å². The predicted molar refractivity (Wildman–Crippen MR) is 102 cm³/mol. The summed E-state index contributed by atoms with van der Waals surface area (Å²) >= 11 is 0. The zero-order valence-electron chi connectivity index (χ0n) is 15.8. The van der Waals surface area contributed by atoms with Crippen LogP contribution in [0.4, 0.5) is 0 Å². The molecule has 27 heavy (non-hydrogen) atoms. The van der Waals surface area contributed by atoms with Crippen molar-refractivity contribution < 1.29 is 24.2 Å². The topological polar surface area (TPSA) is 76.1 Å². The van der Waals surface area contributed by atoms with E-state index in [2.05, 4.69) is 0 Å². The third-order valence-corrected chi connectivity index (χ3v) is 4.14. The van der Waals surface area contributed by atoms with Gasteiger partial charge in [0.15, 0.2) is 11.5 Å². The molecule has 2 aromatic carbocycles. The maximum atomic E-state index is 12.9. The van der Waals surface area contributed by atoms with Crippen molar-refractivity contribution in [3.63, 3.8) is 0 Å². The molecule has 144 valence electrons. The van der Waals surface area contributed by atoms with Gasteiger partial charge >= 0.3 is 5.97 Å². The van der Waals surface area contributed by atoms with Crippen molar-refractivity contribution in [3.8, 4) is 11.5 Å². The fourth-order valence-electron chi connectivity index (χ4n) is 2.76. The molecule has 0 aliphatic rings. The van der Waals surface area contributed by atoms with Gasteiger partial charge in [-0.25, -0.2) is 4.79 Å². The molecular formula is C21H25NO5. The van der Waals surface area contributed by atoms with Gasteiger partial charge in [-0.1, -0.05) is 30.3 Å². The van der Waals surface area contributed by atoms with E-state index in [9.17, 15) is 14.7 Å². The van der Waals surface area contributed by atoms with Crippen LogP contribution in [0.25, 0.3) is 0 Å². The quantitative estimate of drug-likeness (QED) is 0.732. The molecule has 0 heterocycles. The van der Waals surface area contributed by atoms with Gasteiger partial charge in [0, 0.05) is 19.0 Å². The lowest BCUT2D eigenvalue weighted by molar-refractivity contribution is -0.141. The second kappa shape index (κ2) is 9.62. The fourth-order valence-corrected chi connectivity index (χ4v) is 2.76. The van der Waals surface area contributed by atoms with E-state index in [1.54, 1.807) is 18.2 Å². The summed E-state index contributed by atoms with van der Waals surface area (Å²) in [6.45, 7) is 4.62. The fraction of sp³-hybridized carbons (Fsp3) is 0.333. The number of carbonyl (C=O) groups is 2. The van der Waals surface area contributed by atoms with Crippen molar-refractivity contribution >= 4 is 11.9 Å². The van der Waals surface area contributed by atoms with Crippen LogP contribution in [0.5, 0.6) is 11.5 Å². The van der Waals surface area contributed by atoms with Crippen LogP contribution in [0.15, 0.2) is 48.5 Å². The van der Waals surface area contributed by atoms with Crippen LogP contribution in [-0.2, 0) is 11.2 Å². The number of likely N-dealkylation sites (N-methyl/N-ethyl adjacent to an activating group) is 1. The first kappa shape index (κ1) is 20.3. The number of hydrogen-bond acceptors (Lipinski definition) is 4. The van der Waals surface area contributed by atoms with Crippen LogP contribution in [0.2, 0.25) is 0 Å². The van der Waals surface area contributed by atoms with E-state index in [0.717, 1.165) is 5.56 Å². The normalized spacial score (nSPS) is 11.5. The third-order valence-electron chi connectivity index (χ3n) is 4.14. The molecule has 1 amide bonds. The Labute approximate surface area is 159 Å². The lowest BCUT2D eigenvalue weighted by Crippen LogP contribution is -2.43. The van der Waals surface area contributed by atoms with E-state index >= 15 is 0 Å². The van der Waals surface area contributed by atoms with Crippen molar-refractivity contribution in [2.24, 2.45) is 0 Å². The molecule has 1 unspecified atom stereocenters. The number of carboxylic acids is 1. The zero-order valence-corrected chi connectivity index (χ0v) is 15.8. The van der Waals surface area contributed by atoms with Crippen LogP contribution in [0, 0.1) is 0 Å². The maximum Gasteiger partial charge on any atom is 0.326 e. The van der Waals surface area contributed by atoms with Gasteiger partial charge in [-0.3, -0.25) is 4.79 Å². The summed E-state index contributed by atoms with van der Waals surface area (Å²) in [6, 6.07) is 13.2. The Balaban J connectivity index is 2.25. The van der Waals surface area contributed by atoms with E-state index in [0.29, 0.717) is 30.3 Å². The summed E-state index contributed by atoms with van der Waals surface area (Å²) in [7, 11) is 1.50. The van der Waals surface area contributed by atoms with Gasteiger partial charge in [0.2, 0.25) is 0 Å². The number of carbonyl (C=O) groups excluding carboxylic acids is 1. The monoisotopic (exact) mass is 371 g/mol. The molecule has 0 fully saturated rings. The second-order valence-corrected chi connectivity index (χ2v) is 5.99. The first-order valence-corrected chi connectivity index (χ1v) is 8.91. The summed E-state index contributed by atoms with van der Waals surface area (Å²) in [5.74, 6) is -0.417. The average Bonchev–Trinajstić information content (AvgIpc) is 2.67. The summed E-state index contributed by atoms with van der Waals surface area (Å²) in [6.07, 6.45) is 0.230. The highest BCUT2D eigenvalue weighted by molar-refractivity contribution is 5.97. The van der Waals surface area contributed by atoms with Gasteiger partial charge in [0.05, 0.1) is 13.2 Å². The van der Waals surface area contributed by atoms with E-state index in [-0.39, 0.29) is 12.3 Å². The Bertz CT molecular complexity index is 775. The number of ether oxygens (including phenoxy) is 2. The smallest absolute Gasteiger partial charge is 0.326 e. The molecule has 2 rings (SSSR count). The number of benzene rings is 2. The molecule has 0 saturated heterocycles. The molecule has 0 spiro atoms. The van der Waals surface area contributed by atoms with Crippen LogP contribution in [-0.4, -0.2) is 48.2 Å². The van der Waals surface area contributed by atoms with Gasteiger partial charge < -0.3 is 19.5 Å². The molecule has 6 nitrogen and oxygen atoms in total. The Morgan fingerprint density at radius 2 is 1.63 bits per heavy atom. The van der Waals surface area contributed by atoms with Gasteiger partial charge in [0.25, 0.3) is 5.91 Å². The number of aliphatic carboxylic acids is 1. The first-order chi connectivity index (χ1) is 13.0. The maximum absolute atomic E-state index is 12.9. The van der Waals surface area contributed by atoms with E-state index < -0.39 is 12.0 Å². The van der Waals surface area contributed by atoms with E-state index in [1.165, 1.54) is 11.9 Å². The van der Waals surface area contributed by atoms with Crippen molar-refractivity contribution in [2.45, 2.75) is 26.3 Å². The Morgan fingerprint density at radius 3 is 2.22 bits per heavy atom. The van der Waals surface area contributed by atoms with Crippen LogP contribution in [0.1, 0.15) is 29.8 Å². The summed E-state index contributed by atoms with van der Waals surface area (Å²) in [5, 5.41) is 9.62. The molecule has 2 aromatic rings. The second-order valence-electron chi connectivity index (χ2n) is 5.99. The van der Waals surface area contributed by atoms with E-state index in [4.69, 9.17) is 9.47 Å². The number of rotatable bonds is 9. The van der Waals surface area contributed by atoms with Gasteiger partial charge in [-0.15, -0.1) is 0 Å². The molecule has 1 N–H and O–H groups in total. The minimum absolute atomic E-state index is 0.230.